The molecule has 0 aliphatic carbocycles. The molecule has 0 saturated heterocycles. The molecule has 0 heterocycles. The van der Waals surface area contributed by atoms with E-state index < -0.39 is 5.97 Å². The third-order valence-corrected chi connectivity index (χ3v) is 3.52. The molecule has 0 fully saturated rings. The second-order valence-corrected chi connectivity index (χ2v) is 5.42. The largest absolute Gasteiger partial charge is 0.481 e. The highest BCUT2D eigenvalue weighted by Crippen LogP contribution is 2.16. The summed E-state index contributed by atoms with van der Waals surface area (Å²) >= 11 is 0. The molecular formula is C18H20O2. The predicted octanol–water partition coefficient (Wildman–Crippen LogP) is 3.79. The van der Waals surface area contributed by atoms with Crippen molar-refractivity contribution in [1.82, 2.24) is 0 Å². The lowest BCUT2D eigenvalue weighted by atomic mass is 9.92. The minimum Gasteiger partial charge on any atom is -0.481 e. The molecule has 0 saturated carbocycles. The van der Waals surface area contributed by atoms with Gasteiger partial charge in [0.2, 0.25) is 0 Å². The smallest absolute Gasteiger partial charge is 0.307 e. The fourth-order valence-electron chi connectivity index (χ4n) is 2.38. The van der Waals surface area contributed by atoms with Gasteiger partial charge in [-0.1, -0.05) is 59.7 Å². The number of rotatable bonds is 5. The molecule has 2 rings (SSSR count). The number of carboxylic acid groups (broad SMARTS) is 1. The van der Waals surface area contributed by atoms with Crippen LogP contribution in [0.25, 0.3) is 0 Å². The van der Waals surface area contributed by atoms with Crippen LogP contribution in [0.4, 0.5) is 0 Å². The van der Waals surface area contributed by atoms with Crippen molar-refractivity contribution in [2.75, 3.05) is 0 Å². The summed E-state index contributed by atoms with van der Waals surface area (Å²) in [4.78, 5) is 11.5. The molecule has 1 unspecified atom stereocenters. The number of carbonyl (C=O) groups is 1. The van der Waals surface area contributed by atoms with Crippen LogP contribution in [0.1, 0.15) is 22.3 Å². The predicted molar refractivity (Wildman–Crippen MR) is 80.9 cm³/mol. The van der Waals surface area contributed by atoms with Gasteiger partial charge in [-0.3, -0.25) is 4.79 Å². The van der Waals surface area contributed by atoms with Crippen LogP contribution >= 0.6 is 0 Å². The molecule has 0 aliphatic rings. The van der Waals surface area contributed by atoms with Gasteiger partial charge in [-0.05, 0) is 37.8 Å². The second kappa shape index (κ2) is 6.38. The molecular weight excluding hydrogens is 248 g/mol. The van der Waals surface area contributed by atoms with E-state index in [-0.39, 0.29) is 5.92 Å². The molecule has 2 aromatic carbocycles. The summed E-state index contributed by atoms with van der Waals surface area (Å²) in [5.41, 5.74) is 4.53. The molecule has 0 amide bonds. The number of hydrogen-bond acceptors (Lipinski definition) is 1. The van der Waals surface area contributed by atoms with Gasteiger partial charge in [-0.2, -0.15) is 0 Å². The third kappa shape index (κ3) is 3.95. The molecule has 0 bridgehead atoms. The Morgan fingerprint density at radius 1 is 0.950 bits per heavy atom. The van der Waals surface area contributed by atoms with E-state index in [1.807, 2.05) is 56.3 Å². The average Bonchev–Trinajstić information content (AvgIpc) is 2.40. The first-order valence-corrected chi connectivity index (χ1v) is 6.88. The summed E-state index contributed by atoms with van der Waals surface area (Å²) in [7, 11) is 0. The van der Waals surface area contributed by atoms with Crippen molar-refractivity contribution in [2.45, 2.75) is 26.7 Å². The van der Waals surface area contributed by atoms with Crippen molar-refractivity contribution in [3.05, 3.63) is 70.8 Å². The molecule has 0 aliphatic heterocycles. The van der Waals surface area contributed by atoms with Gasteiger partial charge in [0.15, 0.2) is 0 Å². The van der Waals surface area contributed by atoms with Gasteiger partial charge in [0, 0.05) is 0 Å². The maximum Gasteiger partial charge on any atom is 0.307 e. The van der Waals surface area contributed by atoms with Crippen molar-refractivity contribution in [2.24, 2.45) is 5.92 Å². The third-order valence-electron chi connectivity index (χ3n) is 3.52. The van der Waals surface area contributed by atoms with E-state index in [2.05, 4.69) is 6.07 Å². The fraction of sp³-hybridized carbons (Fsp3) is 0.278. The van der Waals surface area contributed by atoms with Gasteiger partial charge in [0.1, 0.15) is 0 Å². The molecule has 2 nitrogen and oxygen atoms in total. The van der Waals surface area contributed by atoms with Crippen molar-refractivity contribution in [3.63, 3.8) is 0 Å². The summed E-state index contributed by atoms with van der Waals surface area (Å²) in [6.45, 7) is 4.06. The van der Waals surface area contributed by atoms with Crippen LogP contribution in [0.3, 0.4) is 0 Å². The lowest BCUT2D eigenvalue weighted by Crippen LogP contribution is -2.19. The Balaban J connectivity index is 2.11. The van der Waals surface area contributed by atoms with Crippen LogP contribution in [0, 0.1) is 19.8 Å². The summed E-state index contributed by atoms with van der Waals surface area (Å²) in [6, 6.07) is 16.2. The van der Waals surface area contributed by atoms with Crippen molar-refractivity contribution in [3.8, 4) is 0 Å². The molecule has 1 atom stereocenters. The quantitative estimate of drug-likeness (QED) is 0.895. The van der Waals surface area contributed by atoms with E-state index in [9.17, 15) is 9.90 Å². The number of benzene rings is 2. The monoisotopic (exact) mass is 268 g/mol. The van der Waals surface area contributed by atoms with E-state index in [0.717, 1.165) is 11.1 Å². The number of carboxylic acids is 1. The minimum absolute atomic E-state index is 0.375. The highest BCUT2D eigenvalue weighted by molar-refractivity contribution is 5.70. The lowest BCUT2D eigenvalue weighted by molar-refractivity contribution is -0.141. The zero-order valence-corrected chi connectivity index (χ0v) is 12.0. The zero-order valence-electron chi connectivity index (χ0n) is 12.0. The molecule has 0 spiro atoms. The first kappa shape index (κ1) is 14.3. The van der Waals surface area contributed by atoms with Crippen molar-refractivity contribution < 1.29 is 9.90 Å². The first-order chi connectivity index (χ1) is 9.54. The Morgan fingerprint density at radius 3 is 2.20 bits per heavy atom. The number of aliphatic carboxylic acids is 1. The average molecular weight is 268 g/mol. The van der Waals surface area contributed by atoms with Crippen LogP contribution in [0.15, 0.2) is 48.5 Å². The molecule has 2 heteroatoms. The van der Waals surface area contributed by atoms with Gasteiger partial charge >= 0.3 is 5.97 Å². The zero-order chi connectivity index (χ0) is 14.5. The highest BCUT2D eigenvalue weighted by atomic mass is 16.4. The summed E-state index contributed by atoms with van der Waals surface area (Å²) in [5.74, 6) is -1.11. The molecule has 0 aromatic heterocycles. The van der Waals surface area contributed by atoms with Gasteiger partial charge in [-0.15, -0.1) is 0 Å². The number of hydrogen-bond donors (Lipinski definition) is 1. The number of aryl methyl sites for hydroxylation is 2. The first-order valence-electron chi connectivity index (χ1n) is 6.88. The minimum atomic E-state index is -0.730. The van der Waals surface area contributed by atoms with Gasteiger partial charge in [0.05, 0.1) is 5.92 Å². The Bertz CT molecular complexity index is 585. The Labute approximate surface area is 120 Å². The summed E-state index contributed by atoms with van der Waals surface area (Å²) < 4.78 is 0. The summed E-state index contributed by atoms with van der Waals surface area (Å²) in [5, 5.41) is 9.42. The van der Waals surface area contributed by atoms with Crippen LogP contribution < -0.4 is 0 Å². The molecule has 104 valence electrons. The van der Waals surface area contributed by atoms with Gasteiger partial charge in [0.25, 0.3) is 0 Å². The maximum atomic E-state index is 11.5. The highest BCUT2D eigenvalue weighted by Gasteiger charge is 2.18. The van der Waals surface area contributed by atoms with E-state index in [4.69, 9.17) is 0 Å². The fourth-order valence-corrected chi connectivity index (χ4v) is 2.38. The molecule has 1 N–H and O–H groups in total. The molecule has 0 radical (unpaired) electrons. The van der Waals surface area contributed by atoms with Crippen LogP contribution in [-0.2, 0) is 17.6 Å². The van der Waals surface area contributed by atoms with Crippen LogP contribution in [0.5, 0.6) is 0 Å². The molecule has 20 heavy (non-hydrogen) atoms. The van der Waals surface area contributed by atoms with E-state index >= 15 is 0 Å². The maximum absolute atomic E-state index is 11.5. The Hall–Kier alpha value is -2.09. The van der Waals surface area contributed by atoms with E-state index in [1.54, 1.807) is 0 Å². The Kier molecular flexibility index (Phi) is 4.57. The SMILES string of the molecule is Cc1ccc(CC(Cc2cccc(C)c2)C(=O)O)cc1. The van der Waals surface area contributed by atoms with Crippen LogP contribution in [0.2, 0.25) is 0 Å². The summed E-state index contributed by atoms with van der Waals surface area (Å²) in [6.07, 6.45) is 1.15. The molecule has 2 aromatic rings. The van der Waals surface area contributed by atoms with E-state index in [0.29, 0.717) is 12.8 Å². The van der Waals surface area contributed by atoms with Crippen molar-refractivity contribution in [1.29, 1.82) is 0 Å². The topological polar surface area (TPSA) is 37.3 Å². The normalized spacial score (nSPS) is 12.1. The van der Waals surface area contributed by atoms with Gasteiger partial charge < -0.3 is 5.11 Å². The van der Waals surface area contributed by atoms with E-state index in [1.165, 1.54) is 11.1 Å². The van der Waals surface area contributed by atoms with Crippen molar-refractivity contribution >= 4 is 5.97 Å². The Morgan fingerprint density at radius 2 is 1.60 bits per heavy atom. The lowest BCUT2D eigenvalue weighted by Gasteiger charge is -2.13. The van der Waals surface area contributed by atoms with Crippen LogP contribution in [-0.4, -0.2) is 11.1 Å². The standard InChI is InChI=1S/C18H20O2/c1-13-6-8-15(9-7-13)11-17(18(19)20)12-16-5-3-4-14(2)10-16/h3-10,17H,11-12H2,1-2H3,(H,19,20). The van der Waals surface area contributed by atoms with Gasteiger partial charge in [-0.25, -0.2) is 0 Å². The second-order valence-electron chi connectivity index (χ2n) is 5.42.